The predicted octanol–water partition coefficient (Wildman–Crippen LogP) is 3.51. The summed E-state index contributed by atoms with van der Waals surface area (Å²) >= 11 is 0. The van der Waals surface area contributed by atoms with Gasteiger partial charge in [0.15, 0.2) is 0 Å². The Bertz CT molecular complexity index is 914. The molecule has 1 amide bonds. The second kappa shape index (κ2) is 6.55. The van der Waals surface area contributed by atoms with Crippen LogP contribution in [0.2, 0.25) is 0 Å². The number of aryl methyl sites for hydroxylation is 1. The van der Waals surface area contributed by atoms with Gasteiger partial charge in [-0.2, -0.15) is 0 Å². The zero-order valence-corrected chi connectivity index (χ0v) is 14.4. The van der Waals surface area contributed by atoms with E-state index >= 15 is 0 Å². The van der Waals surface area contributed by atoms with Crippen LogP contribution in [-0.2, 0) is 0 Å². The van der Waals surface area contributed by atoms with Gasteiger partial charge in [0, 0.05) is 37.1 Å². The number of amides is 1. The summed E-state index contributed by atoms with van der Waals surface area (Å²) in [5, 5.41) is 1.15. The Kier molecular flexibility index (Phi) is 4.10. The number of aromatic nitrogens is 1. The lowest BCUT2D eigenvalue weighted by Gasteiger charge is -2.35. The minimum Gasteiger partial charge on any atom is -0.353 e. The fourth-order valence-electron chi connectivity index (χ4n) is 3.35. The van der Waals surface area contributed by atoms with E-state index in [9.17, 15) is 4.79 Å². The summed E-state index contributed by atoms with van der Waals surface area (Å²) in [6.45, 7) is 5.05. The van der Waals surface area contributed by atoms with E-state index in [4.69, 9.17) is 4.98 Å². The first-order valence-electron chi connectivity index (χ1n) is 8.68. The number of carbonyl (C=O) groups excluding carboxylic acids is 1. The average Bonchev–Trinajstić information content (AvgIpc) is 2.67. The molecule has 1 aliphatic rings. The summed E-state index contributed by atoms with van der Waals surface area (Å²) in [4.78, 5) is 21.7. The molecule has 2 heterocycles. The van der Waals surface area contributed by atoms with Crippen molar-refractivity contribution in [2.45, 2.75) is 6.92 Å². The van der Waals surface area contributed by atoms with E-state index in [-0.39, 0.29) is 5.91 Å². The molecule has 2 aromatic carbocycles. The number of benzene rings is 2. The maximum Gasteiger partial charge on any atom is 0.254 e. The van der Waals surface area contributed by atoms with Crippen LogP contribution in [0.1, 0.15) is 15.9 Å². The van der Waals surface area contributed by atoms with Gasteiger partial charge in [-0.25, -0.2) is 4.98 Å². The summed E-state index contributed by atoms with van der Waals surface area (Å²) in [6.07, 6.45) is 0. The first kappa shape index (κ1) is 15.6. The Morgan fingerprint density at radius 2 is 1.60 bits per heavy atom. The molecule has 1 aromatic heterocycles. The third-order valence-corrected chi connectivity index (χ3v) is 4.85. The largest absolute Gasteiger partial charge is 0.353 e. The topological polar surface area (TPSA) is 36.4 Å². The Labute approximate surface area is 147 Å². The van der Waals surface area contributed by atoms with Crippen molar-refractivity contribution < 1.29 is 4.79 Å². The highest BCUT2D eigenvalue weighted by Gasteiger charge is 2.23. The summed E-state index contributed by atoms with van der Waals surface area (Å²) in [5.74, 6) is 1.12. The van der Waals surface area contributed by atoms with Crippen molar-refractivity contribution in [3.05, 3.63) is 71.8 Å². The standard InChI is InChI=1S/C21H21N3O/c1-16-6-2-4-8-18(16)21(25)24-14-12-23(13-15-24)20-11-10-17-7-3-5-9-19(17)22-20/h2-11H,12-15H2,1H3. The average molecular weight is 331 g/mol. The van der Waals surface area contributed by atoms with E-state index < -0.39 is 0 Å². The molecule has 1 saturated heterocycles. The molecule has 1 aliphatic heterocycles. The molecular formula is C21H21N3O. The lowest BCUT2D eigenvalue weighted by molar-refractivity contribution is 0.0746. The number of hydrogen-bond acceptors (Lipinski definition) is 3. The van der Waals surface area contributed by atoms with Crippen molar-refractivity contribution in [1.29, 1.82) is 0 Å². The normalized spacial score (nSPS) is 14.8. The fourth-order valence-corrected chi connectivity index (χ4v) is 3.35. The van der Waals surface area contributed by atoms with E-state index in [1.165, 1.54) is 0 Å². The molecule has 25 heavy (non-hydrogen) atoms. The molecule has 0 atom stereocenters. The highest BCUT2D eigenvalue weighted by Crippen LogP contribution is 2.20. The van der Waals surface area contributed by atoms with E-state index in [0.29, 0.717) is 0 Å². The number of carbonyl (C=O) groups is 1. The van der Waals surface area contributed by atoms with Crippen molar-refractivity contribution >= 4 is 22.6 Å². The van der Waals surface area contributed by atoms with Gasteiger partial charge in [0.25, 0.3) is 5.91 Å². The Morgan fingerprint density at radius 1 is 0.880 bits per heavy atom. The first-order chi connectivity index (χ1) is 12.2. The number of hydrogen-bond donors (Lipinski definition) is 0. The summed E-state index contributed by atoms with van der Waals surface area (Å²) in [7, 11) is 0. The molecule has 0 bridgehead atoms. The molecule has 3 aromatic rings. The lowest BCUT2D eigenvalue weighted by atomic mass is 10.1. The van der Waals surface area contributed by atoms with Gasteiger partial charge in [-0.3, -0.25) is 4.79 Å². The van der Waals surface area contributed by atoms with E-state index in [1.54, 1.807) is 0 Å². The highest BCUT2D eigenvalue weighted by atomic mass is 16.2. The zero-order chi connectivity index (χ0) is 17.2. The monoisotopic (exact) mass is 331 g/mol. The minimum atomic E-state index is 0.129. The number of anilines is 1. The van der Waals surface area contributed by atoms with E-state index in [2.05, 4.69) is 23.1 Å². The van der Waals surface area contributed by atoms with Gasteiger partial charge in [0.2, 0.25) is 0 Å². The van der Waals surface area contributed by atoms with Gasteiger partial charge >= 0.3 is 0 Å². The quantitative estimate of drug-likeness (QED) is 0.721. The number of piperazine rings is 1. The number of pyridine rings is 1. The van der Waals surface area contributed by atoms with Gasteiger partial charge in [-0.05, 0) is 36.8 Å². The molecular weight excluding hydrogens is 310 g/mol. The van der Waals surface area contributed by atoms with Crippen LogP contribution in [-0.4, -0.2) is 42.0 Å². The zero-order valence-electron chi connectivity index (χ0n) is 14.4. The molecule has 1 fully saturated rings. The second-order valence-electron chi connectivity index (χ2n) is 6.46. The molecule has 0 saturated carbocycles. The second-order valence-corrected chi connectivity index (χ2v) is 6.46. The van der Waals surface area contributed by atoms with Crippen molar-refractivity contribution in [3.63, 3.8) is 0 Å². The van der Waals surface area contributed by atoms with Crippen molar-refractivity contribution in [2.75, 3.05) is 31.1 Å². The van der Waals surface area contributed by atoms with Gasteiger partial charge in [-0.15, -0.1) is 0 Å². The molecule has 0 unspecified atom stereocenters. The summed E-state index contributed by atoms with van der Waals surface area (Å²) in [6, 6.07) is 20.1. The maximum atomic E-state index is 12.7. The molecule has 4 nitrogen and oxygen atoms in total. The molecule has 126 valence electrons. The molecule has 4 rings (SSSR count). The van der Waals surface area contributed by atoms with Crippen molar-refractivity contribution in [3.8, 4) is 0 Å². The Hall–Kier alpha value is -2.88. The number of nitrogens with zero attached hydrogens (tertiary/aromatic N) is 3. The number of fused-ring (bicyclic) bond motifs is 1. The van der Waals surface area contributed by atoms with Gasteiger partial charge in [0.1, 0.15) is 5.82 Å². The highest BCUT2D eigenvalue weighted by molar-refractivity contribution is 5.95. The lowest BCUT2D eigenvalue weighted by Crippen LogP contribution is -2.49. The van der Waals surface area contributed by atoms with Crippen LogP contribution in [0.3, 0.4) is 0 Å². The van der Waals surface area contributed by atoms with Crippen LogP contribution >= 0.6 is 0 Å². The fraction of sp³-hybridized carbons (Fsp3) is 0.238. The minimum absolute atomic E-state index is 0.129. The summed E-state index contributed by atoms with van der Waals surface area (Å²) in [5.41, 5.74) is 2.85. The van der Waals surface area contributed by atoms with Crippen molar-refractivity contribution in [2.24, 2.45) is 0 Å². The first-order valence-corrected chi connectivity index (χ1v) is 8.68. The van der Waals surface area contributed by atoms with Gasteiger partial charge < -0.3 is 9.80 Å². The predicted molar refractivity (Wildman–Crippen MR) is 101 cm³/mol. The van der Waals surface area contributed by atoms with Crippen LogP contribution in [0.25, 0.3) is 10.9 Å². The van der Waals surface area contributed by atoms with Crippen LogP contribution in [0, 0.1) is 6.92 Å². The van der Waals surface area contributed by atoms with E-state index in [1.807, 2.05) is 54.3 Å². The Balaban J connectivity index is 1.47. The third-order valence-electron chi connectivity index (χ3n) is 4.85. The van der Waals surface area contributed by atoms with Crippen LogP contribution in [0.4, 0.5) is 5.82 Å². The third kappa shape index (κ3) is 3.07. The summed E-state index contributed by atoms with van der Waals surface area (Å²) < 4.78 is 0. The SMILES string of the molecule is Cc1ccccc1C(=O)N1CCN(c2ccc3ccccc3n2)CC1. The molecule has 4 heteroatoms. The smallest absolute Gasteiger partial charge is 0.254 e. The number of rotatable bonds is 2. The molecule has 0 spiro atoms. The molecule has 0 radical (unpaired) electrons. The van der Waals surface area contributed by atoms with Gasteiger partial charge in [0.05, 0.1) is 5.52 Å². The number of para-hydroxylation sites is 1. The van der Waals surface area contributed by atoms with Crippen LogP contribution in [0.5, 0.6) is 0 Å². The van der Waals surface area contributed by atoms with E-state index in [0.717, 1.165) is 54.0 Å². The van der Waals surface area contributed by atoms with Gasteiger partial charge in [-0.1, -0.05) is 36.4 Å². The van der Waals surface area contributed by atoms with Crippen LogP contribution < -0.4 is 4.90 Å². The van der Waals surface area contributed by atoms with Crippen molar-refractivity contribution in [1.82, 2.24) is 9.88 Å². The van der Waals surface area contributed by atoms with Crippen LogP contribution in [0.15, 0.2) is 60.7 Å². The molecule has 0 aliphatic carbocycles. The maximum absolute atomic E-state index is 12.7. The Morgan fingerprint density at radius 3 is 2.40 bits per heavy atom. The molecule has 0 N–H and O–H groups in total.